The van der Waals surface area contributed by atoms with E-state index in [9.17, 15) is 15.2 Å². The number of pyridine rings is 1. The Balaban J connectivity index is 1.13. The Bertz CT molecular complexity index is 1430. The molecule has 2 fully saturated rings. The predicted molar refractivity (Wildman–Crippen MR) is 138 cm³/mol. The second-order valence-electron chi connectivity index (χ2n) is 11.2. The highest BCUT2D eigenvalue weighted by Gasteiger charge is 2.59. The monoisotopic (exact) mass is 494 g/mol. The summed E-state index contributed by atoms with van der Waals surface area (Å²) in [4.78, 5) is 15.8. The van der Waals surface area contributed by atoms with E-state index in [-0.39, 0.29) is 29.3 Å². The number of carbonyl (C=O) groups is 1. The van der Waals surface area contributed by atoms with Crippen LogP contribution in [0.3, 0.4) is 0 Å². The normalized spacial score (nSPS) is 26.9. The number of carboxylic acid groups (broad SMARTS) is 1. The van der Waals surface area contributed by atoms with Crippen molar-refractivity contribution in [2.45, 2.75) is 58.7 Å². The molecular weight excluding hydrogens is 464 g/mol. The third-order valence-electron chi connectivity index (χ3n) is 8.31. The summed E-state index contributed by atoms with van der Waals surface area (Å²) in [6.45, 7) is 6.60. The second-order valence-corrected chi connectivity index (χ2v) is 11.2. The van der Waals surface area contributed by atoms with Crippen LogP contribution in [0.1, 0.15) is 53.5 Å². The van der Waals surface area contributed by atoms with Crippen molar-refractivity contribution in [3.8, 4) is 28.8 Å². The van der Waals surface area contributed by atoms with Gasteiger partial charge in [0.1, 0.15) is 18.5 Å². The summed E-state index contributed by atoms with van der Waals surface area (Å²) in [5.41, 5.74) is 7.65. The summed E-state index contributed by atoms with van der Waals surface area (Å²) in [5.74, 6) is 0.841. The Kier molecular flexibility index (Phi) is 5.49. The van der Waals surface area contributed by atoms with Gasteiger partial charge in [-0.15, -0.1) is 0 Å². The smallest absolute Gasteiger partial charge is 0.307 e. The van der Waals surface area contributed by atoms with Crippen LogP contribution in [0.4, 0.5) is 0 Å². The molecule has 0 radical (unpaired) electrons. The zero-order valence-corrected chi connectivity index (χ0v) is 21.3. The summed E-state index contributed by atoms with van der Waals surface area (Å²) in [6.07, 6.45) is 4.24. The van der Waals surface area contributed by atoms with E-state index in [0.29, 0.717) is 12.5 Å². The fourth-order valence-electron chi connectivity index (χ4n) is 6.42. The highest BCUT2D eigenvalue weighted by Crippen LogP contribution is 2.61. The van der Waals surface area contributed by atoms with Gasteiger partial charge in [0, 0.05) is 31.0 Å². The van der Waals surface area contributed by atoms with Crippen LogP contribution in [0.25, 0.3) is 11.1 Å². The molecule has 188 valence electrons. The number of aromatic nitrogens is 1. The van der Waals surface area contributed by atoms with Crippen LogP contribution >= 0.6 is 0 Å². The zero-order valence-electron chi connectivity index (χ0n) is 21.3. The molecule has 0 amide bonds. The molecule has 3 aromatic rings. The molecule has 6 nitrogen and oxygen atoms in total. The van der Waals surface area contributed by atoms with Crippen LogP contribution in [0.15, 0.2) is 48.7 Å². The molecule has 37 heavy (non-hydrogen) atoms. The van der Waals surface area contributed by atoms with Gasteiger partial charge in [0.2, 0.25) is 5.88 Å². The Labute approximate surface area is 216 Å². The Hall–Kier alpha value is -3.85. The van der Waals surface area contributed by atoms with Crippen molar-refractivity contribution < 1.29 is 19.4 Å². The average molecular weight is 495 g/mol. The predicted octanol–water partition coefficient (Wildman–Crippen LogP) is 5.99. The van der Waals surface area contributed by atoms with Crippen molar-refractivity contribution in [1.82, 2.24) is 4.98 Å². The lowest BCUT2D eigenvalue weighted by molar-refractivity contribution is -0.139. The van der Waals surface area contributed by atoms with Crippen LogP contribution in [0.5, 0.6) is 11.6 Å². The average Bonchev–Trinajstić information content (AvgIpc) is 3.44. The Morgan fingerprint density at radius 3 is 2.65 bits per heavy atom. The number of ether oxygens (including phenoxy) is 2. The molecule has 3 aliphatic rings. The van der Waals surface area contributed by atoms with Crippen LogP contribution in [0, 0.1) is 42.4 Å². The zero-order chi connectivity index (χ0) is 25.9. The molecule has 0 saturated heterocycles. The maximum absolute atomic E-state index is 11.3. The number of nitrogens with zero attached hydrogens (tertiary/aromatic N) is 2. The molecule has 6 heteroatoms. The lowest BCUT2D eigenvalue weighted by atomic mass is 9.69. The highest BCUT2D eigenvalue weighted by molar-refractivity contribution is 5.77. The van der Waals surface area contributed by atoms with Crippen molar-refractivity contribution >= 4 is 5.97 Å². The van der Waals surface area contributed by atoms with E-state index in [4.69, 9.17) is 9.47 Å². The van der Waals surface area contributed by atoms with Crippen molar-refractivity contribution in [2.24, 2.45) is 17.3 Å². The fourth-order valence-corrected chi connectivity index (χ4v) is 6.42. The van der Waals surface area contributed by atoms with E-state index in [2.05, 4.69) is 55.2 Å². The molecule has 0 aliphatic heterocycles. The van der Waals surface area contributed by atoms with Crippen molar-refractivity contribution in [1.29, 1.82) is 5.26 Å². The summed E-state index contributed by atoms with van der Waals surface area (Å²) in [5, 5.41) is 18.6. The Morgan fingerprint density at radius 1 is 1.19 bits per heavy atom. The third kappa shape index (κ3) is 4.23. The number of aryl methyl sites for hydroxylation is 2. The first-order chi connectivity index (χ1) is 17.7. The maximum atomic E-state index is 11.3. The molecule has 3 aliphatic carbocycles. The van der Waals surface area contributed by atoms with E-state index in [1.165, 1.54) is 11.1 Å². The summed E-state index contributed by atoms with van der Waals surface area (Å²) in [6, 6.07) is 16.9. The molecule has 1 aromatic heterocycles. The van der Waals surface area contributed by atoms with Crippen LogP contribution in [0.2, 0.25) is 0 Å². The fraction of sp³-hybridized carbons (Fsp3) is 0.387. The molecule has 6 rings (SSSR count). The first-order valence-electron chi connectivity index (χ1n) is 12.9. The molecule has 0 spiro atoms. The first-order valence-corrected chi connectivity index (χ1v) is 12.9. The van der Waals surface area contributed by atoms with Crippen molar-refractivity contribution in [3.05, 3.63) is 76.5 Å². The topological polar surface area (TPSA) is 92.4 Å². The quantitative estimate of drug-likeness (QED) is 0.434. The van der Waals surface area contributed by atoms with E-state index < -0.39 is 5.97 Å². The maximum Gasteiger partial charge on any atom is 0.307 e. The minimum absolute atomic E-state index is 0.104. The van der Waals surface area contributed by atoms with Gasteiger partial charge in [-0.3, -0.25) is 4.79 Å². The van der Waals surface area contributed by atoms with Gasteiger partial charge in [0.05, 0.1) is 17.4 Å². The highest BCUT2D eigenvalue weighted by atomic mass is 16.5. The van der Waals surface area contributed by atoms with Crippen LogP contribution < -0.4 is 9.47 Å². The van der Waals surface area contributed by atoms with Gasteiger partial charge in [-0.1, -0.05) is 18.2 Å². The number of hydrogen-bond acceptors (Lipinski definition) is 5. The molecule has 0 bridgehead atoms. The van der Waals surface area contributed by atoms with E-state index in [1.807, 2.05) is 19.1 Å². The lowest BCUT2D eigenvalue weighted by Crippen LogP contribution is -2.41. The largest absolute Gasteiger partial charge is 0.490 e. The molecule has 0 unspecified atom stereocenters. The van der Waals surface area contributed by atoms with Gasteiger partial charge in [-0.25, -0.2) is 4.98 Å². The summed E-state index contributed by atoms with van der Waals surface area (Å²) >= 11 is 0. The van der Waals surface area contributed by atoms with Crippen LogP contribution in [-0.4, -0.2) is 22.2 Å². The molecule has 1 heterocycles. The van der Waals surface area contributed by atoms with E-state index >= 15 is 0 Å². The van der Waals surface area contributed by atoms with E-state index in [1.54, 1.807) is 6.20 Å². The first kappa shape index (κ1) is 23.5. The minimum atomic E-state index is -0.699. The van der Waals surface area contributed by atoms with E-state index in [0.717, 1.165) is 52.8 Å². The number of benzene rings is 2. The van der Waals surface area contributed by atoms with Gasteiger partial charge >= 0.3 is 5.97 Å². The standard InChI is InChI=1S/C31H30N2O4/c1-17-7-22(37-23-12-31(3,13-23)16-32)8-18(2)27(17)20-6-4-5-19(9-20)15-36-26-11-21-10-24-28(25(21)14-33-26)29(24)30(34)35/h4-9,11,14,23-24,28-29H,10,12-13,15H2,1-3H3,(H,34,35)/t23?,24-,28+,29+,31?/m1/s1. The van der Waals surface area contributed by atoms with Crippen LogP contribution in [-0.2, 0) is 17.8 Å². The summed E-state index contributed by atoms with van der Waals surface area (Å²) < 4.78 is 12.2. The molecule has 2 aromatic carbocycles. The number of aliphatic carboxylic acids is 1. The number of fused-ring (bicyclic) bond motifs is 3. The van der Waals surface area contributed by atoms with Gasteiger partial charge in [-0.05, 0) is 90.3 Å². The van der Waals surface area contributed by atoms with Gasteiger partial charge < -0.3 is 14.6 Å². The van der Waals surface area contributed by atoms with Gasteiger partial charge in [0.15, 0.2) is 0 Å². The third-order valence-corrected chi connectivity index (χ3v) is 8.31. The minimum Gasteiger partial charge on any atom is -0.490 e. The summed E-state index contributed by atoms with van der Waals surface area (Å²) in [7, 11) is 0. The van der Waals surface area contributed by atoms with Gasteiger partial charge in [-0.2, -0.15) is 5.26 Å². The number of rotatable bonds is 7. The van der Waals surface area contributed by atoms with Crippen molar-refractivity contribution in [3.63, 3.8) is 0 Å². The Morgan fingerprint density at radius 2 is 1.95 bits per heavy atom. The molecular formula is C31H30N2O4. The second kappa shape index (κ2) is 8.62. The van der Waals surface area contributed by atoms with Crippen molar-refractivity contribution in [2.75, 3.05) is 0 Å². The lowest BCUT2D eigenvalue weighted by Gasteiger charge is -2.39. The number of carboxylic acids is 1. The van der Waals surface area contributed by atoms with Gasteiger partial charge in [0.25, 0.3) is 0 Å². The molecule has 2 saturated carbocycles. The SMILES string of the molecule is Cc1cc(OC2CC(C)(C#N)C2)cc(C)c1-c1cccc(COc2cc3c(cn2)[C@@H]2[C@@H](C3)[C@@H]2C(=O)O)c1. The number of nitriles is 1. The molecule has 1 N–H and O–H groups in total. The molecule has 3 atom stereocenters. The number of hydrogen-bond donors (Lipinski definition) is 1.